The number of piperazine rings is 1. The van der Waals surface area contributed by atoms with Gasteiger partial charge in [-0.3, -0.25) is 14.5 Å². The maximum absolute atomic E-state index is 14.2. The standard InChI is InChI=1S/C27H25F4N3O2/c28-23-12-11-21(27(29,30)31)17-22(23)26(36)34-15-13-33(14-16-34)24(20-9-5-2-6-10-20)25(35)32-18-19-7-3-1-4-8-19/h1-12,17,24H,13-16,18H2,(H,32,35). The molecule has 4 rings (SSSR count). The van der Waals surface area contributed by atoms with E-state index < -0.39 is 35.1 Å². The van der Waals surface area contributed by atoms with Crippen LogP contribution in [-0.2, 0) is 17.5 Å². The highest BCUT2D eigenvalue weighted by Gasteiger charge is 2.35. The van der Waals surface area contributed by atoms with Crippen LogP contribution in [0.3, 0.4) is 0 Å². The summed E-state index contributed by atoms with van der Waals surface area (Å²) in [5.74, 6) is -2.00. The average Bonchev–Trinajstić information content (AvgIpc) is 2.88. The number of carbonyl (C=O) groups is 2. The van der Waals surface area contributed by atoms with Crippen LogP contribution in [0.5, 0.6) is 0 Å². The van der Waals surface area contributed by atoms with Crippen LogP contribution in [0, 0.1) is 5.82 Å². The number of carbonyl (C=O) groups excluding carboxylic acids is 2. The van der Waals surface area contributed by atoms with E-state index in [1.807, 2.05) is 65.6 Å². The second kappa shape index (κ2) is 10.9. The summed E-state index contributed by atoms with van der Waals surface area (Å²) >= 11 is 0. The third kappa shape index (κ3) is 5.91. The van der Waals surface area contributed by atoms with Crippen molar-refractivity contribution >= 4 is 11.8 Å². The van der Waals surface area contributed by atoms with Gasteiger partial charge in [-0.2, -0.15) is 13.2 Å². The number of nitrogens with one attached hydrogen (secondary N) is 1. The van der Waals surface area contributed by atoms with Crippen molar-refractivity contribution in [1.29, 1.82) is 0 Å². The van der Waals surface area contributed by atoms with Crippen LogP contribution < -0.4 is 5.32 Å². The lowest BCUT2D eigenvalue weighted by Gasteiger charge is -2.39. The van der Waals surface area contributed by atoms with Crippen molar-refractivity contribution in [2.45, 2.75) is 18.8 Å². The molecule has 1 aliphatic rings. The lowest BCUT2D eigenvalue weighted by Crippen LogP contribution is -2.52. The molecule has 0 aromatic heterocycles. The second-order valence-electron chi connectivity index (χ2n) is 8.54. The highest BCUT2D eigenvalue weighted by Crippen LogP contribution is 2.31. The van der Waals surface area contributed by atoms with E-state index >= 15 is 0 Å². The van der Waals surface area contributed by atoms with Crippen molar-refractivity contribution in [2.24, 2.45) is 0 Å². The SMILES string of the molecule is O=C(NCc1ccccc1)C(c1ccccc1)N1CCN(C(=O)c2cc(C(F)(F)F)ccc2F)CC1. The van der Waals surface area contributed by atoms with Gasteiger partial charge in [0.2, 0.25) is 5.91 Å². The predicted molar refractivity (Wildman–Crippen MR) is 126 cm³/mol. The third-order valence-electron chi connectivity index (χ3n) is 6.16. The van der Waals surface area contributed by atoms with E-state index in [1.54, 1.807) is 0 Å². The Balaban J connectivity index is 1.47. The van der Waals surface area contributed by atoms with Crippen LogP contribution in [-0.4, -0.2) is 47.8 Å². The number of hydrogen-bond donors (Lipinski definition) is 1. The van der Waals surface area contributed by atoms with Crippen LogP contribution in [0.25, 0.3) is 0 Å². The largest absolute Gasteiger partial charge is 0.416 e. The highest BCUT2D eigenvalue weighted by molar-refractivity contribution is 5.95. The second-order valence-corrected chi connectivity index (χ2v) is 8.54. The lowest BCUT2D eigenvalue weighted by atomic mass is 10.0. The van der Waals surface area contributed by atoms with Crippen LogP contribution in [0.15, 0.2) is 78.9 Å². The van der Waals surface area contributed by atoms with E-state index in [0.29, 0.717) is 37.8 Å². The number of hydrogen-bond acceptors (Lipinski definition) is 3. The first-order valence-electron chi connectivity index (χ1n) is 11.5. The fraction of sp³-hybridized carbons (Fsp3) is 0.259. The molecule has 1 fully saturated rings. The molecule has 188 valence electrons. The molecule has 2 amide bonds. The molecule has 1 N–H and O–H groups in total. The molecule has 1 saturated heterocycles. The summed E-state index contributed by atoms with van der Waals surface area (Å²) in [5.41, 5.74) is 0.0477. The molecule has 5 nitrogen and oxygen atoms in total. The minimum Gasteiger partial charge on any atom is -0.350 e. The maximum atomic E-state index is 14.2. The van der Waals surface area contributed by atoms with Gasteiger partial charge in [-0.05, 0) is 29.3 Å². The summed E-state index contributed by atoms with van der Waals surface area (Å²) in [7, 11) is 0. The zero-order valence-electron chi connectivity index (χ0n) is 19.3. The van der Waals surface area contributed by atoms with E-state index in [-0.39, 0.29) is 19.0 Å². The van der Waals surface area contributed by atoms with Gasteiger partial charge < -0.3 is 10.2 Å². The van der Waals surface area contributed by atoms with Gasteiger partial charge >= 0.3 is 6.18 Å². The molecule has 0 saturated carbocycles. The Morgan fingerprint density at radius 3 is 2.08 bits per heavy atom. The average molecular weight is 500 g/mol. The van der Waals surface area contributed by atoms with Crippen molar-refractivity contribution in [1.82, 2.24) is 15.1 Å². The maximum Gasteiger partial charge on any atom is 0.416 e. The zero-order chi connectivity index (χ0) is 25.7. The van der Waals surface area contributed by atoms with Crippen LogP contribution >= 0.6 is 0 Å². The first kappa shape index (κ1) is 25.4. The van der Waals surface area contributed by atoms with Crippen LogP contribution in [0.2, 0.25) is 0 Å². The monoisotopic (exact) mass is 499 g/mol. The van der Waals surface area contributed by atoms with Gasteiger partial charge in [-0.25, -0.2) is 4.39 Å². The molecule has 1 atom stereocenters. The molecule has 3 aromatic carbocycles. The summed E-state index contributed by atoms with van der Waals surface area (Å²) in [5, 5.41) is 2.97. The molecule has 1 aliphatic heterocycles. The fourth-order valence-corrected chi connectivity index (χ4v) is 4.26. The zero-order valence-corrected chi connectivity index (χ0v) is 19.3. The van der Waals surface area contributed by atoms with Crippen molar-refractivity contribution in [3.05, 3.63) is 107 Å². The Bertz CT molecular complexity index is 1190. The van der Waals surface area contributed by atoms with E-state index in [1.165, 1.54) is 4.90 Å². The van der Waals surface area contributed by atoms with Gasteiger partial charge in [0.05, 0.1) is 11.1 Å². The number of halogens is 4. The van der Waals surface area contributed by atoms with E-state index in [4.69, 9.17) is 0 Å². The molecule has 0 spiro atoms. The molecule has 3 aromatic rings. The van der Waals surface area contributed by atoms with Gasteiger partial charge in [0.25, 0.3) is 5.91 Å². The Hall–Kier alpha value is -3.72. The summed E-state index contributed by atoms with van der Waals surface area (Å²) in [6, 6.07) is 19.9. The minimum absolute atomic E-state index is 0.143. The Morgan fingerprint density at radius 1 is 0.861 bits per heavy atom. The molecular weight excluding hydrogens is 474 g/mol. The number of alkyl halides is 3. The van der Waals surface area contributed by atoms with Gasteiger partial charge in [0.1, 0.15) is 11.9 Å². The molecule has 0 radical (unpaired) electrons. The number of rotatable bonds is 6. The molecule has 9 heteroatoms. The van der Waals surface area contributed by atoms with Gasteiger partial charge in [0.15, 0.2) is 0 Å². The quantitative estimate of drug-likeness (QED) is 0.502. The highest BCUT2D eigenvalue weighted by atomic mass is 19.4. The van der Waals surface area contributed by atoms with Crippen molar-refractivity contribution in [3.8, 4) is 0 Å². The summed E-state index contributed by atoms with van der Waals surface area (Å²) in [4.78, 5) is 29.3. The summed E-state index contributed by atoms with van der Waals surface area (Å²) < 4.78 is 53.4. The summed E-state index contributed by atoms with van der Waals surface area (Å²) in [6.45, 7) is 1.24. The lowest BCUT2D eigenvalue weighted by molar-refractivity contribution is -0.137. The molecule has 1 unspecified atom stereocenters. The molecule has 0 aliphatic carbocycles. The van der Waals surface area contributed by atoms with E-state index in [0.717, 1.165) is 11.1 Å². The van der Waals surface area contributed by atoms with Crippen LogP contribution in [0.4, 0.5) is 17.6 Å². The number of amides is 2. The first-order chi connectivity index (χ1) is 17.2. The Morgan fingerprint density at radius 2 is 1.47 bits per heavy atom. The molecule has 36 heavy (non-hydrogen) atoms. The van der Waals surface area contributed by atoms with Gasteiger partial charge in [-0.1, -0.05) is 60.7 Å². The smallest absolute Gasteiger partial charge is 0.350 e. The number of benzene rings is 3. The fourth-order valence-electron chi connectivity index (χ4n) is 4.26. The Labute approximate surface area is 206 Å². The number of nitrogens with zero attached hydrogens (tertiary/aromatic N) is 2. The first-order valence-corrected chi connectivity index (χ1v) is 11.5. The van der Waals surface area contributed by atoms with E-state index in [9.17, 15) is 27.2 Å². The molecule has 1 heterocycles. The van der Waals surface area contributed by atoms with Gasteiger partial charge in [-0.15, -0.1) is 0 Å². The van der Waals surface area contributed by atoms with Gasteiger partial charge in [0, 0.05) is 32.7 Å². The third-order valence-corrected chi connectivity index (χ3v) is 6.16. The predicted octanol–water partition coefficient (Wildman–Crippen LogP) is 4.66. The molecular formula is C27H25F4N3O2. The summed E-state index contributed by atoms with van der Waals surface area (Å²) in [6.07, 6.45) is -4.68. The van der Waals surface area contributed by atoms with E-state index in [2.05, 4.69) is 5.32 Å². The van der Waals surface area contributed by atoms with Crippen LogP contribution in [0.1, 0.15) is 33.1 Å². The van der Waals surface area contributed by atoms with Crippen molar-refractivity contribution in [3.63, 3.8) is 0 Å². The Kier molecular flexibility index (Phi) is 7.69. The normalized spacial score (nSPS) is 15.4. The minimum atomic E-state index is -4.68. The molecule has 0 bridgehead atoms. The topological polar surface area (TPSA) is 52.7 Å². The van der Waals surface area contributed by atoms with Crippen molar-refractivity contribution < 1.29 is 27.2 Å². The van der Waals surface area contributed by atoms with Crippen molar-refractivity contribution in [2.75, 3.05) is 26.2 Å².